The van der Waals surface area contributed by atoms with Gasteiger partial charge in [-0.2, -0.15) is 0 Å². The van der Waals surface area contributed by atoms with E-state index in [1.54, 1.807) is 19.9 Å². The van der Waals surface area contributed by atoms with Crippen LogP contribution in [0.3, 0.4) is 0 Å². The van der Waals surface area contributed by atoms with Crippen molar-refractivity contribution in [2.24, 2.45) is 11.8 Å². The van der Waals surface area contributed by atoms with Crippen molar-refractivity contribution in [1.82, 2.24) is 10.2 Å². The number of halogens is 2. The van der Waals surface area contributed by atoms with Crippen LogP contribution in [0.2, 0.25) is 0 Å². The lowest BCUT2D eigenvalue weighted by Crippen LogP contribution is -2.57. The zero-order valence-corrected chi connectivity index (χ0v) is 13.7. The van der Waals surface area contributed by atoms with Crippen molar-refractivity contribution in [2.75, 3.05) is 19.7 Å². The number of alkyl halides is 2. The summed E-state index contributed by atoms with van der Waals surface area (Å²) in [5.41, 5.74) is 0. The molecule has 24 heavy (non-hydrogen) atoms. The molecule has 0 radical (unpaired) electrons. The van der Waals surface area contributed by atoms with Crippen LogP contribution in [0.5, 0.6) is 0 Å². The summed E-state index contributed by atoms with van der Waals surface area (Å²) in [5.74, 6) is -5.40. The van der Waals surface area contributed by atoms with Gasteiger partial charge >= 0.3 is 0 Å². The Labute approximate surface area is 138 Å². The highest BCUT2D eigenvalue weighted by atomic mass is 19.3. The molecule has 0 bridgehead atoms. The first-order chi connectivity index (χ1) is 11.3. The molecule has 2 heterocycles. The molecule has 2 rings (SSSR count). The molecule has 6 nitrogen and oxygen atoms in total. The number of piperidine rings is 1. The molecule has 1 fully saturated rings. The average Bonchev–Trinajstić information content (AvgIpc) is 3.05. The Balaban J connectivity index is 2.08. The minimum atomic E-state index is -2.99. The van der Waals surface area contributed by atoms with Gasteiger partial charge in [0.25, 0.3) is 11.8 Å². The molecular formula is C16H22F2N2O4. The Morgan fingerprint density at radius 3 is 2.75 bits per heavy atom. The van der Waals surface area contributed by atoms with Crippen LogP contribution >= 0.6 is 0 Å². The van der Waals surface area contributed by atoms with E-state index < -0.39 is 42.7 Å². The predicted octanol–water partition coefficient (Wildman–Crippen LogP) is 1.51. The van der Waals surface area contributed by atoms with Crippen molar-refractivity contribution in [3.8, 4) is 0 Å². The molecule has 2 unspecified atom stereocenters. The maximum Gasteiger partial charge on any atom is 0.287 e. The molecule has 2 N–H and O–H groups in total. The quantitative estimate of drug-likeness (QED) is 0.848. The van der Waals surface area contributed by atoms with E-state index in [1.165, 1.54) is 17.2 Å². The largest absolute Gasteiger partial charge is 0.459 e. The number of rotatable bonds is 5. The van der Waals surface area contributed by atoms with Crippen LogP contribution in [-0.4, -0.2) is 53.5 Å². The Morgan fingerprint density at radius 1 is 1.50 bits per heavy atom. The minimum absolute atomic E-state index is 0.0758. The number of likely N-dealkylation sites (tertiary alicyclic amines) is 1. The van der Waals surface area contributed by atoms with Crippen LogP contribution in [0.15, 0.2) is 22.8 Å². The van der Waals surface area contributed by atoms with Gasteiger partial charge in [-0.1, -0.05) is 13.8 Å². The van der Waals surface area contributed by atoms with E-state index in [1.807, 2.05) is 0 Å². The van der Waals surface area contributed by atoms with Crippen LogP contribution < -0.4 is 5.32 Å². The Hall–Kier alpha value is -1.96. The number of carbonyl (C=O) groups is 2. The van der Waals surface area contributed by atoms with Gasteiger partial charge in [-0.15, -0.1) is 0 Å². The summed E-state index contributed by atoms with van der Waals surface area (Å²) in [7, 11) is 0. The van der Waals surface area contributed by atoms with Crippen LogP contribution in [0, 0.1) is 11.8 Å². The SMILES string of the molecule is CC(C)C(NC(=O)c1ccco1)C(=O)N1CCC(F)(F)C(CO)C1. The Kier molecular flexibility index (Phi) is 5.58. The fourth-order valence-corrected chi connectivity index (χ4v) is 2.70. The monoisotopic (exact) mass is 344 g/mol. The Bertz CT molecular complexity index is 575. The van der Waals surface area contributed by atoms with Gasteiger partial charge in [0.2, 0.25) is 5.91 Å². The van der Waals surface area contributed by atoms with E-state index in [2.05, 4.69) is 5.32 Å². The highest BCUT2D eigenvalue weighted by molar-refractivity contribution is 5.95. The molecule has 0 aromatic carbocycles. The van der Waals surface area contributed by atoms with Crippen molar-refractivity contribution in [3.63, 3.8) is 0 Å². The highest BCUT2D eigenvalue weighted by Crippen LogP contribution is 2.33. The van der Waals surface area contributed by atoms with E-state index in [-0.39, 0.29) is 24.8 Å². The molecular weight excluding hydrogens is 322 g/mol. The second kappa shape index (κ2) is 7.29. The molecule has 1 aromatic rings. The molecule has 2 amide bonds. The Morgan fingerprint density at radius 2 is 2.21 bits per heavy atom. The summed E-state index contributed by atoms with van der Waals surface area (Å²) in [5, 5.41) is 11.7. The molecule has 1 aliphatic heterocycles. The maximum atomic E-state index is 13.7. The average molecular weight is 344 g/mol. The zero-order valence-electron chi connectivity index (χ0n) is 13.7. The number of hydrogen-bond donors (Lipinski definition) is 2. The number of carbonyl (C=O) groups excluding carboxylic acids is 2. The molecule has 1 saturated heterocycles. The lowest BCUT2D eigenvalue weighted by Gasteiger charge is -2.39. The van der Waals surface area contributed by atoms with E-state index in [0.717, 1.165) is 0 Å². The van der Waals surface area contributed by atoms with Crippen molar-refractivity contribution < 1.29 is 27.9 Å². The molecule has 2 atom stereocenters. The second-order valence-electron chi connectivity index (χ2n) is 6.35. The van der Waals surface area contributed by atoms with Gasteiger partial charge in [-0.3, -0.25) is 9.59 Å². The molecule has 0 aliphatic carbocycles. The molecule has 0 saturated carbocycles. The molecule has 8 heteroatoms. The molecule has 1 aromatic heterocycles. The van der Waals surface area contributed by atoms with Gasteiger partial charge in [0.1, 0.15) is 6.04 Å². The summed E-state index contributed by atoms with van der Waals surface area (Å²) in [4.78, 5) is 26.1. The van der Waals surface area contributed by atoms with Crippen molar-refractivity contribution in [2.45, 2.75) is 32.2 Å². The summed E-state index contributed by atoms with van der Waals surface area (Å²) in [6, 6.07) is 2.17. The van der Waals surface area contributed by atoms with E-state index in [0.29, 0.717) is 0 Å². The van der Waals surface area contributed by atoms with Crippen molar-refractivity contribution in [3.05, 3.63) is 24.2 Å². The van der Waals surface area contributed by atoms with Gasteiger partial charge in [-0.05, 0) is 18.1 Å². The third-order valence-corrected chi connectivity index (χ3v) is 4.25. The van der Waals surface area contributed by atoms with E-state index >= 15 is 0 Å². The van der Waals surface area contributed by atoms with Gasteiger partial charge < -0.3 is 19.7 Å². The number of nitrogens with one attached hydrogen (secondary N) is 1. The van der Waals surface area contributed by atoms with Gasteiger partial charge in [0.15, 0.2) is 5.76 Å². The topological polar surface area (TPSA) is 82.8 Å². The molecule has 1 aliphatic rings. The number of aliphatic hydroxyl groups is 1. The zero-order chi connectivity index (χ0) is 17.9. The normalized spacial score (nSPS) is 21.6. The van der Waals surface area contributed by atoms with E-state index in [4.69, 9.17) is 9.52 Å². The smallest absolute Gasteiger partial charge is 0.287 e. The number of amides is 2. The summed E-state index contributed by atoms with van der Waals surface area (Å²) in [6.45, 7) is 2.48. The lowest BCUT2D eigenvalue weighted by atomic mass is 9.92. The van der Waals surface area contributed by atoms with Gasteiger partial charge in [0.05, 0.1) is 18.8 Å². The number of furan rings is 1. The third kappa shape index (κ3) is 3.92. The van der Waals surface area contributed by atoms with Crippen LogP contribution in [0.25, 0.3) is 0 Å². The van der Waals surface area contributed by atoms with Crippen LogP contribution in [-0.2, 0) is 4.79 Å². The standard InChI is InChI=1S/C16H22F2N2O4/c1-10(2)13(19-14(22)12-4-3-7-24-12)15(23)20-6-5-16(17,18)11(8-20)9-21/h3-4,7,10-11,13,21H,5-6,8-9H2,1-2H3,(H,19,22). The van der Waals surface area contributed by atoms with Crippen LogP contribution in [0.1, 0.15) is 30.8 Å². The van der Waals surface area contributed by atoms with Crippen molar-refractivity contribution in [1.29, 1.82) is 0 Å². The predicted molar refractivity (Wildman–Crippen MR) is 81.5 cm³/mol. The number of aliphatic hydroxyl groups excluding tert-OH is 1. The second-order valence-corrected chi connectivity index (χ2v) is 6.35. The maximum absolute atomic E-state index is 13.7. The van der Waals surface area contributed by atoms with Gasteiger partial charge in [-0.25, -0.2) is 8.78 Å². The summed E-state index contributed by atoms with van der Waals surface area (Å²) >= 11 is 0. The first-order valence-electron chi connectivity index (χ1n) is 7.88. The molecule has 134 valence electrons. The first kappa shape index (κ1) is 18.4. The van der Waals surface area contributed by atoms with Crippen molar-refractivity contribution >= 4 is 11.8 Å². The third-order valence-electron chi connectivity index (χ3n) is 4.25. The fraction of sp³-hybridized carbons (Fsp3) is 0.625. The number of hydrogen-bond acceptors (Lipinski definition) is 4. The highest BCUT2D eigenvalue weighted by Gasteiger charge is 2.45. The first-order valence-corrected chi connectivity index (χ1v) is 7.88. The van der Waals surface area contributed by atoms with Gasteiger partial charge in [0, 0.05) is 19.5 Å². The molecule has 0 spiro atoms. The van der Waals surface area contributed by atoms with E-state index in [9.17, 15) is 18.4 Å². The van der Waals surface area contributed by atoms with Crippen LogP contribution in [0.4, 0.5) is 8.78 Å². The number of nitrogens with zero attached hydrogens (tertiary/aromatic N) is 1. The summed E-state index contributed by atoms with van der Waals surface area (Å²) in [6.07, 6.45) is 0.848. The lowest BCUT2D eigenvalue weighted by molar-refractivity contribution is -0.151. The fourth-order valence-electron chi connectivity index (χ4n) is 2.70. The summed E-state index contributed by atoms with van der Waals surface area (Å²) < 4.78 is 32.4. The minimum Gasteiger partial charge on any atom is -0.459 e.